The number of nitrogens with one attached hydrogen (secondary N) is 1. The zero-order valence-corrected chi connectivity index (χ0v) is 16.5. The zero-order chi connectivity index (χ0) is 21.3. The molecular formula is C22H15ClF2N4O. The smallest absolute Gasteiger partial charge is 0.295 e. The second-order valence-corrected chi connectivity index (χ2v) is 6.98. The minimum Gasteiger partial charge on any atom is -0.317 e. The van der Waals surface area contributed by atoms with Gasteiger partial charge in [-0.3, -0.25) is 4.79 Å². The van der Waals surface area contributed by atoms with E-state index in [4.69, 9.17) is 11.6 Å². The van der Waals surface area contributed by atoms with Crippen LogP contribution in [0.5, 0.6) is 0 Å². The minimum atomic E-state index is -0.679. The van der Waals surface area contributed by atoms with Crippen molar-refractivity contribution in [3.8, 4) is 17.1 Å². The first-order chi connectivity index (χ1) is 14.4. The third kappa shape index (κ3) is 3.92. The molecule has 0 saturated carbocycles. The monoisotopic (exact) mass is 424 g/mol. The average Bonchev–Trinajstić information content (AvgIpc) is 3.17. The van der Waals surface area contributed by atoms with Gasteiger partial charge >= 0.3 is 0 Å². The molecule has 0 bridgehead atoms. The topological polar surface area (TPSA) is 59.8 Å². The van der Waals surface area contributed by atoms with Crippen LogP contribution in [0.15, 0.2) is 66.7 Å². The molecule has 0 atom stereocenters. The molecule has 4 rings (SSSR count). The molecule has 1 N–H and O–H groups in total. The molecule has 0 saturated heterocycles. The fraction of sp³-hybridized carbons (Fsp3) is 0.0455. The average molecular weight is 425 g/mol. The van der Waals surface area contributed by atoms with Crippen LogP contribution in [0.25, 0.3) is 17.1 Å². The summed E-state index contributed by atoms with van der Waals surface area (Å²) < 4.78 is 28.8. The Kier molecular flexibility index (Phi) is 5.29. The van der Waals surface area contributed by atoms with E-state index in [0.717, 1.165) is 5.56 Å². The fourth-order valence-corrected chi connectivity index (χ4v) is 3.08. The SMILES string of the molecule is Cc1ccc(Cl)cc1-n1nc(C(=O)Nc2ccccc2F)nc1-c1ccc(F)cc1. The van der Waals surface area contributed by atoms with Gasteiger partial charge in [-0.05, 0) is 61.0 Å². The molecule has 0 unspecified atom stereocenters. The number of hydrogen-bond acceptors (Lipinski definition) is 3. The lowest BCUT2D eigenvalue weighted by Gasteiger charge is -2.09. The molecule has 0 spiro atoms. The van der Waals surface area contributed by atoms with Gasteiger partial charge in [0.15, 0.2) is 5.82 Å². The predicted molar refractivity (Wildman–Crippen MR) is 111 cm³/mol. The molecule has 1 aromatic heterocycles. The highest BCUT2D eigenvalue weighted by atomic mass is 35.5. The summed E-state index contributed by atoms with van der Waals surface area (Å²) in [5.74, 6) is -1.51. The van der Waals surface area contributed by atoms with Crippen LogP contribution in [0.3, 0.4) is 0 Å². The third-order valence-corrected chi connectivity index (χ3v) is 4.67. The Balaban J connectivity index is 1.81. The Morgan fingerprint density at radius 2 is 1.77 bits per heavy atom. The molecule has 1 amide bonds. The van der Waals surface area contributed by atoms with Crippen molar-refractivity contribution in [3.63, 3.8) is 0 Å². The van der Waals surface area contributed by atoms with Crippen LogP contribution in [-0.4, -0.2) is 20.7 Å². The summed E-state index contributed by atoms with van der Waals surface area (Å²) in [6.45, 7) is 1.86. The molecule has 0 radical (unpaired) electrons. The van der Waals surface area contributed by atoms with Crippen molar-refractivity contribution in [1.29, 1.82) is 0 Å². The lowest BCUT2D eigenvalue weighted by Crippen LogP contribution is -2.15. The predicted octanol–water partition coefficient (Wildman–Crippen LogP) is 5.43. The molecule has 30 heavy (non-hydrogen) atoms. The van der Waals surface area contributed by atoms with Crippen molar-refractivity contribution in [2.75, 3.05) is 5.32 Å². The molecule has 1 heterocycles. The van der Waals surface area contributed by atoms with Crippen molar-refractivity contribution < 1.29 is 13.6 Å². The summed E-state index contributed by atoms with van der Waals surface area (Å²) in [5.41, 5.74) is 2.02. The van der Waals surface area contributed by atoms with Gasteiger partial charge in [0, 0.05) is 10.6 Å². The first-order valence-corrected chi connectivity index (χ1v) is 9.35. The van der Waals surface area contributed by atoms with E-state index in [-0.39, 0.29) is 11.5 Å². The first kappa shape index (κ1) is 19.7. The van der Waals surface area contributed by atoms with Crippen molar-refractivity contribution in [2.45, 2.75) is 6.92 Å². The van der Waals surface area contributed by atoms with Crippen molar-refractivity contribution >= 4 is 23.2 Å². The van der Waals surface area contributed by atoms with Gasteiger partial charge in [0.1, 0.15) is 11.6 Å². The number of hydrogen-bond donors (Lipinski definition) is 1. The quantitative estimate of drug-likeness (QED) is 0.475. The van der Waals surface area contributed by atoms with Crippen LogP contribution in [0.1, 0.15) is 16.2 Å². The number of aryl methyl sites for hydroxylation is 1. The molecule has 5 nitrogen and oxygen atoms in total. The van der Waals surface area contributed by atoms with E-state index in [2.05, 4.69) is 15.4 Å². The summed E-state index contributed by atoms with van der Waals surface area (Å²) in [5, 5.41) is 7.27. The van der Waals surface area contributed by atoms with E-state index in [9.17, 15) is 13.6 Å². The first-order valence-electron chi connectivity index (χ1n) is 8.98. The largest absolute Gasteiger partial charge is 0.317 e. The summed E-state index contributed by atoms with van der Waals surface area (Å²) >= 11 is 6.15. The van der Waals surface area contributed by atoms with Crippen LogP contribution < -0.4 is 5.32 Å². The number of benzene rings is 3. The number of rotatable bonds is 4. The van der Waals surface area contributed by atoms with Crippen molar-refractivity contribution in [2.24, 2.45) is 0 Å². The number of halogens is 3. The Morgan fingerprint density at radius 3 is 2.50 bits per heavy atom. The Morgan fingerprint density at radius 1 is 1.03 bits per heavy atom. The summed E-state index contributed by atoms with van der Waals surface area (Å²) in [4.78, 5) is 17.0. The van der Waals surface area contributed by atoms with Crippen LogP contribution in [0, 0.1) is 18.6 Å². The summed E-state index contributed by atoms with van der Waals surface area (Å²) in [6.07, 6.45) is 0. The molecule has 0 aliphatic carbocycles. The Labute approximate surface area is 176 Å². The standard InChI is InChI=1S/C22H15ClF2N4O/c1-13-6-9-15(23)12-19(13)29-21(14-7-10-16(24)11-8-14)27-20(28-29)22(30)26-18-5-3-2-4-17(18)25/h2-12H,1H3,(H,26,30). The molecule has 0 aliphatic rings. The fourth-order valence-electron chi connectivity index (χ4n) is 2.91. The second-order valence-electron chi connectivity index (χ2n) is 6.54. The van der Waals surface area contributed by atoms with Gasteiger partial charge in [-0.25, -0.2) is 18.4 Å². The van der Waals surface area contributed by atoms with Gasteiger partial charge in [-0.15, -0.1) is 5.10 Å². The number of carbonyl (C=O) groups excluding carboxylic acids is 1. The van der Waals surface area contributed by atoms with Crippen molar-refractivity contribution in [3.05, 3.63) is 94.8 Å². The maximum Gasteiger partial charge on any atom is 0.295 e. The van der Waals surface area contributed by atoms with Crippen LogP contribution in [0.4, 0.5) is 14.5 Å². The molecule has 0 aliphatic heterocycles. The molecule has 150 valence electrons. The molecule has 0 fully saturated rings. The van der Waals surface area contributed by atoms with E-state index >= 15 is 0 Å². The minimum absolute atomic E-state index is 0.0149. The van der Waals surface area contributed by atoms with Gasteiger partial charge < -0.3 is 5.32 Å². The van der Waals surface area contributed by atoms with Gasteiger partial charge in [-0.1, -0.05) is 29.8 Å². The number of nitrogens with zero attached hydrogens (tertiary/aromatic N) is 3. The van der Waals surface area contributed by atoms with Crippen molar-refractivity contribution in [1.82, 2.24) is 14.8 Å². The second kappa shape index (κ2) is 8.04. The number of aromatic nitrogens is 3. The number of anilines is 1. The van der Waals surface area contributed by atoms with E-state index in [0.29, 0.717) is 22.1 Å². The summed E-state index contributed by atoms with van der Waals surface area (Å²) in [6, 6.07) is 16.7. The highest BCUT2D eigenvalue weighted by Gasteiger charge is 2.21. The lowest BCUT2D eigenvalue weighted by molar-refractivity contribution is 0.101. The zero-order valence-electron chi connectivity index (χ0n) is 15.7. The normalized spacial score (nSPS) is 10.8. The van der Waals surface area contributed by atoms with Crippen LogP contribution in [-0.2, 0) is 0 Å². The van der Waals surface area contributed by atoms with E-state index < -0.39 is 17.5 Å². The maximum atomic E-state index is 13.9. The Hall–Kier alpha value is -3.58. The summed E-state index contributed by atoms with van der Waals surface area (Å²) in [7, 11) is 0. The van der Waals surface area contributed by atoms with E-state index in [1.807, 2.05) is 13.0 Å². The maximum absolute atomic E-state index is 13.9. The number of para-hydroxylation sites is 1. The molecule has 4 aromatic rings. The van der Waals surface area contributed by atoms with E-state index in [1.165, 1.54) is 47.1 Å². The van der Waals surface area contributed by atoms with Gasteiger partial charge in [0.2, 0.25) is 5.82 Å². The lowest BCUT2D eigenvalue weighted by atomic mass is 10.1. The van der Waals surface area contributed by atoms with Gasteiger partial charge in [0.05, 0.1) is 11.4 Å². The van der Waals surface area contributed by atoms with Gasteiger partial charge in [0.25, 0.3) is 5.91 Å². The molecule has 3 aromatic carbocycles. The van der Waals surface area contributed by atoms with Gasteiger partial charge in [-0.2, -0.15) is 0 Å². The van der Waals surface area contributed by atoms with Crippen LogP contribution >= 0.6 is 11.6 Å². The molecule has 8 heteroatoms. The highest BCUT2D eigenvalue weighted by Crippen LogP contribution is 2.26. The third-order valence-electron chi connectivity index (χ3n) is 4.43. The highest BCUT2D eigenvalue weighted by molar-refractivity contribution is 6.30. The molecular weight excluding hydrogens is 410 g/mol. The van der Waals surface area contributed by atoms with Crippen LogP contribution in [0.2, 0.25) is 5.02 Å². The number of carbonyl (C=O) groups is 1. The number of amides is 1. The Bertz CT molecular complexity index is 1240. The van der Waals surface area contributed by atoms with E-state index in [1.54, 1.807) is 18.2 Å².